The second kappa shape index (κ2) is 4.51. The van der Waals surface area contributed by atoms with Crippen LogP contribution in [-0.2, 0) is 4.57 Å². The van der Waals surface area contributed by atoms with Crippen LogP contribution in [0.4, 0.5) is 0 Å². The van der Waals surface area contributed by atoms with Gasteiger partial charge in [0, 0.05) is 5.39 Å². The Morgan fingerprint density at radius 1 is 0.889 bits per heavy atom. The molecule has 0 aliphatic carbocycles. The third kappa shape index (κ3) is 1.72. The molecule has 0 aliphatic rings. The number of rotatable bonds is 2. The second-order valence-electron chi connectivity index (χ2n) is 4.36. The molecule has 18 heavy (non-hydrogen) atoms. The molecule has 0 fully saturated rings. The van der Waals surface area contributed by atoms with Gasteiger partial charge in [-0.15, -0.1) is 0 Å². The highest BCUT2D eigenvalue weighted by molar-refractivity contribution is 7.54. The summed E-state index contributed by atoms with van der Waals surface area (Å²) in [6.07, 6.45) is 0.692. The van der Waals surface area contributed by atoms with E-state index in [1.54, 1.807) is 0 Å². The molecule has 3 rings (SSSR count). The first-order valence-corrected chi connectivity index (χ1v) is 7.61. The zero-order valence-electron chi connectivity index (χ0n) is 10.3. The highest BCUT2D eigenvalue weighted by Crippen LogP contribution is 2.30. The Balaban J connectivity index is 2.50. The van der Waals surface area contributed by atoms with Crippen molar-refractivity contribution >= 4 is 34.7 Å². The maximum atomic E-state index is 12.2. The van der Waals surface area contributed by atoms with Gasteiger partial charge in [0.15, 0.2) is 5.30 Å². The van der Waals surface area contributed by atoms with E-state index in [1.807, 2.05) is 31.2 Å². The van der Waals surface area contributed by atoms with Gasteiger partial charge < -0.3 is 0 Å². The lowest BCUT2D eigenvalue weighted by Crippen LogP contribution is -2.00. The molecule has 0 bridgehead atoms. The number of hydrogen-bond donors (Lipinski definition) is 0. The van der Waals surface area contributed by atoms with Crippen molar-refractivity contribution in [2.24, 2.45) is 0 Å². The van der Waals surface area contributed by atoms with E-state index < -0.39 is 7.80 Å². The Bertz CT molecular complexity index is 746. The molecular weight excluding hydrogens is 239 g/mol. The summed E-state index contributed by atoms with van der Waals surface area (Å²) in [6, 6.07) is 18.6. The van der Waals surface area contributed by atoms with Gasteiger partial charge in [0.05, 0.1) is 0 Å². The summed E-state index contributed by atoms with van der Waals surface area (Å²) in [7, 11) is -1.30. The molecule has 1 unspecified atom stereocenters. The normalized spacial score (nSPS) is 11.9. The summed E-state index contributed by atoms with van der Waals surface area (Å²) in [4.78, 5) is 0. The van der Waals surface area contributed by atoms with Crippen LogP contribution in [0.5, 0.6) is 0 Å². The minimum absolute atomic E-state index is 0.692. The third-order valence-electron chi connectivity index (χ3n) is 3.30. The predicted octanol–water partition coefficient (Wildman–Crippen LogP) is 4.47. The van der Waals surface area contributed by atoms with Crippen LogP contribution in [0.25, 0.3) is 21.5 Å². The van der Waals surface area contributed by atoms with Crippen LogP contribution >= 0.6 is 7.80 Å². The lowest BCUT2D eigenvalue weighted by Gasteiger charge is -2.04. The molecule has 1 atom stereocenters. The standard InChI is InChI=1S/C16H14OP/c1-2-18(17)16-11-12-7-3-4-8-13(12)14-9-5-6-10-15(14)16/h3-11H,2H2,1H3/q+1. The topological polar surface area (TPSA) is 17.1 Å². The third-order valence-corrected chi connectivity index (χ3v) is 4.78. The maximum Gasteiger partial charge on any atom is 0.377 e. The quantitative estimate of drug-likeness (QED) is 0.486. The fraction of sp³-hybridized carbons (Fsp3) is 0.125. The largest absolute Gasteiger partial charge is 0.377 e. The molecule has 0 aliphatic heterocycles. The van der Waals surface area contributed by atoms with E-state index in [2.05, 4.69) is 30.3 Å². The van der Waals surface area contributed by atoms with Gasteiger partial charge in [-0.25, -0.2) is 0 Å². The van der Waals surface area contributed by atoms with Crippen molar-refractivity contribution in [2.75, 3.05) is 6.16 Å². The van der Waals surface area contributed by atoms with Crippen molar-refractivity contribution in [3.05, 3.63) is 54.6 Å². The van der Waals surface area contributed by atoms with Gasteiger partial charge in [0.1, 0.15) is 6.16 Å². The van der Waals surface area contributed by atoms with E-state index in [0.29, 0.717) is 6.16 Å². The number of hydrogen-bond acceptors (Lipinski definition) is 1. The van der Waals surface area contributed by atoms with E-state index in [9.17, 15) is 4.57 Å². The van der Waals surface area contributed by atoms with E-state index in [4.69, 9.17) is 0 Å². The monoisotopic (exact) mass is 253 g/mol. The first kappa shape index (κ1) is 11.4. The van der Waals surface area contributed by atoms with Crippen LogP contribution in [0.2, 0.25) is 0 Å². The Hall–Kier alpha value is -1.72. The SMILES string of the molecule is CC[P+](=O)c1cc2ccccc2c2ccccc12. The molecule has 88 valence electrons. The highest BCUT2D eigenvalue weighted by atomic mass is 31.1. The molecule has 0 saturated heterocycles. The van der Waals surface area contributed by atoms with Gasteiger partial charge in [-0.2, -0.15) is 0 Å². The molecule has 2 heteroatoms. The molecular formula is C16H14OP+. The first-order chi connectivity index (χ1) is 8.81. The van der Waals surface area contributed by atoms with E-state index in [-0.39, 0.29) is 0 Å². The molecule has 3 aromatic rings. The van der Waals surface area contributed by atoms with Gasteiger partial charge in [-0.05, 0) is 35.2 Å². The lowest BCUT2D eigenvalue weighted by molar-refractivity contribution is 0.594. The summed E-state index contributed by atoms with van der Waals surface area (Å²) in [6.45, 7) is 1.97. The van der Waals surface area contributed by atoms with E-state index >= 15 is 0 Å². The maximum absolute atomic E-state index is 12.2. The van der Waals surface area contributed by atoms with Gasteiger partial charge >= 0.3 is 7.80 Å². The molecule has 0 amide bonds. The van der Waals surface area contributed by atoms with Crippen molar-refractivity contribution < 1.29 is 4.57 Å². The summed E-state index contributed by atoms with van der Waals surface area (Å²) >= 11 is 0. The lowest BCUT2D eigenvalue weighted by atomic mass is 10.0. The number of benzene rings is 3. The minimum Gasteiger partial charge on any atom is -0.0681 e. The van der Waals surface area contributed by atoms with E-state index in [1.165, 1.54) is 16.2 Å². The van der Waals surface area contributed by atoms with Crippen molar-refractivity contribution in [1.82, 2.24) is 0 Å². The summed E-state index contributed by atoms with van der Waals surface area (Å²) in [5.41, 5.74) is 0. The molecule has 1 nitrogen and oxygen atoms in total. The molecule has 0 heterocycles. The zero-order valence-corrected chi connectivity index (χ0v) is 11.2. The smallest absolute Gasteiger partial charge is 0.0681 e. The predicted molar refractivity (Wildman–Crippen MR) is 79.2 cm³/mol. The molecule has 0 spiro atoms. The zero-order chi connectivity index (χ0) is 12.5. The Morgan fingerprint density at radius 2 is 1.50 bits per heavy atom. The first-order valence-electron chi connectivity index (χ1n) is 6.16. The van der Waals surface area contributed by atoms with Gasteiger partial charge in [0.2, 0.25) is 0 Å². The fourth-order valence-corrected chi connectivity index (χ4v) is 3.50. The second-order valence-corrected chi connectivity index (χ2v) is 6.23. The van der Waals surface area contributed by atoms with Gasteiger partial charge in [0.25, 0.3) is 0 Å². The molecule has 0 aromatic heterocycles. The van der Waals surface area contributed by atoms with Crippen LogP contribution in [0.3, 0.4) is 0 Å². The molecule has 3 aromatic carbocycles. The summed E-state index contributed by atoms with van der Waals surface area (Å²) in [5, 5.41) is 5.71. The molecule has 0 N–H and O–H groups in total. The minimum atomic E-state index is -1.30. The van der Waals surface area contributed by atoms with Gasteiger partial charge in [-0.3, -0.25) is 0 Å². The van der Waals surface area contributed by atoms with Crippen LogP contribution in [0, 0.1) is 0 Å². The van der Waals surface area contributed by atoms with Crippen molar-refractivity contribution in [2.45, 2.75) is 6.92 Å². The fourth-order valence-electron chi connectivity index (χ4n) is 2.41. The van der Waals surface area contributed by atoms with Gasteiger partial charge in [-0.1, -0.05) is 47.0 Å². The van der Waals surface area contributed by atoms with Crippen molar-refractivity contribution in [1.29, 1.82) is 0 Å². The average molecular weight is 253 g/mol. The van der Waals surface area contributed by atoms with Crippen LogP contribution in [-0.4, -0.2) is 6.16 Å². The summed E-state index contributed by atoms with van der Waals surface area (Å²) in [5.74, 6) is 0. The molecule has 0 radical (unpaired) electrons. The number of fused-ring (bicyclic) bond motifs is 3. The Kier molecular flexibility index (Phi) is 2.85. The molecule has 0 saturated carbocycles. The highest BCUT2D eigenvalue weighted by Gasteiger charge is 2.21. The Labute approximate surface area is 107 Å². The average Bonchev–Trinajstić information content (AvgIpc) is 2.45. The van der Waals surface area contributed by atoms with Crippen LogP contribution < -0.4 is 5.30 Å². The van der Waals surface area contributed by atoms with Crippen molar-refractivity contribution in [3.63, 3.8) is 0 Å². The van der Waals surface area contributed by atoms with Crippen LogP contribution in [0.15, 0.2) is 54.6 Å². The summed E-state index contributed by atoms with van der Waals surface area (Å²) < 4.78 is 12.2. The van der Waals surface area contributed by atoms with Crippen molar-refractivity contribution in [3.8, 4) is 0 Å². The van der Waals surface area contributed by atoms with E-state index in [0.717, 1.165) is 10.7 Å². The van der Waals surface area contributed by atoms with Crippen LogP contribution in [0.1, 0.15) is 6.92 Å². The Morgan fingerprint density at radius 3 is 2.22 bits per heavy atom.